The fourth-order valence-corrected chi connectivity index (χ4v) is 2.01. The minimum absolute atomic E-state index is 0.185. The van der Waals surface area contributed by atoms with Gasteiger partial charge < -0.3 is 15.2 Å². The number of aryl methyl sites for hydroxylation is 1. The van der Waals surface area contributed by atoms with Gasteiger partial charge >= 0.3 is 0 Å². The van der Waals surface area contributed by atoms with Crippen molar-refractivity contribution in [3.05, 3.63) is 28.2 Å². The molecule has 0 saturated heterocycles. The highest BCUT2D eigenvalue weighted by atomic mass is 79.9. The van der Waals surface area contributed by atoms with Crippen LogP contribution in [-0.2, 0) is 6.42 Å². The maximum atomic E-state index is 8.59. The molecular weight excluding hydrogens is 282 g/mol. The lowest BCUT2D eigenvalue weighted by molar-refractivity contribution is 0.281. The van der Waals surface area contributed by atoms with Crippen molar-refractivity contribution in [2.24, 2.45) is 0 Å². The molecule has 0 aliphatic heterocycles. The van der Waals surface area contributed by atoms with Gasteiger partial charge in [-0.1, -0.05) is 13.0 Å². The summed E-state index contributed by atoms with van der Waals surface area (Å²) in [5, 5.41) is 11.7. The Morgan fingerprint density at radius 1 is 1.35 bits per heavy atom. The molecular formula is C13H20BrNO2. The second-order valence-electron chi connectivity index (χ2n) is 3.79. The number of hydrogen-bond donors (Lipinski definition) is 2. The van der Waals surface area contributed by atoms with Gasteiger partial charge in [-0.25, -0.2) is 0 Å². The Balaban J connectivity index is 2.27. The first kappa shape index (κ1) is 14.5. The van der Waals surface area contributed by atoms with E-state index in [1.807, 2.05) is 6.07 Å². The molecule has 0 amide bonds. The van der Waals surface area contributed by atoms with Crippen molar-refractivity contribution in [1.82, 2.24) is 5.32 Å². The molecule has 0 fully saturated rings. The standard InChI is InChI=1S/C13H20BrNO2/c1-2-11-4-5-13(12(14)10-11)17-9-3-6-15-7-8-16/h4-5,10,15-16H,2-3,6-9H2,1H3. The minimum Gasteiger partial charge on any atom is -0.492 e. The predicted octanol–water partition coefficient (Wildman–Crippen LogP) is 2.36. The summed E-state index contributed by atoms with van der Waals surface area (Å²) in [5.74, 6) is 0.893. The first-order valence-electron chi connectivity index (χ1n) is 6.00. The maximum Gasteiger partial charge on any atom is 0.133 e. The number of rotatable bonds is 8. The van der Waals surface area contributed by atoms with Gasteiger partial charge in [0, 0.05) is 6.54 Å². The van der Waals surface area contributed by atoms with Gasteiger partial charge in [-0.15, -0.1) is 0 Å². The Labute approximate surface area is 111 Å². The van der Waals surface area contributed by atoms with E-state index < -0.39 is 0 Å². The van der Waals surface area contributed by atoms with Gasteiger partial charge in [0.1, 0.15) is 5.75 Å². The second kappa shape index (κ2) is 8.50. The van der Waals surface area contributed by atoms with Gasteiger partial charge in [0.2, 0.25) is 0 Å². The maximum absolute atomic E-state index is 8.59. The van der Waals surface area contributed by atoms with Crippen LogP contribution in [0.1, 0.15) is 18.9 Å². The third-order valence-corrected chi connectivity index (χ3v) is 3.07. The quantitative estimate of drug-likeness (QED) is 0.724. The molecule has 0 saturated carbocycles. The third kappa shape index (κ3) is 5.52. The van der Waals surface area contributed by atoms with Crippen LogP contribution in [0.25, 0.3) is 0 Å². The Morgan fingerprint density at radius 2 is 2.18 bits per heavy atom. The van der Waals surface area contributed by atoms with Crippen LogP contribution in [0.5, 0.6) is 5.75 Å². The van der Waals surface area contributed by atoms with Crippen molar-refractivity contribution in [3.8, 4) is 5.75 Å². The summed E-state index contributed by atoms with van der Waals surface area (Å²) in [6.45, 7) is 4.52. The van der Waals surface area contributed by atoms with Gasteiger partial charge in [0.25, 0.3) is 0 Å². The average Bonchev–Trinajstić information content (AvgIpc) is 2.35. The molecule has 2 N–H and O–H groups in total. The fourth-order valence-electron chi connectivity index (χ4n) is 1.46. The lowest BCUT2D eigenvalue weighted by Gasteiger charge is -2.09. The molecule has 0 aliphatic carbocycles. The number of nitrogens with one attached hydrogen (secondary N) is 1. The van der Waals surface area contributed by atoms with Crippen molar-refractivity contribution in [2.75, 3.05) is 26.3 Å². The van der Waals surface area contributed by atoms with Gasteiger partial charge in [-0.3, -0.25) is 0 Å². The van der Waals surface area contributed by atoms with E-state index in [1.54, 1.807) is 0 Å². The topological polar surface area (TPSA) is 41.5 Å². The minimum atomic E-state index is 0.185. The molecule has 4 heteroatoms. The van der Waals surface area contributed by atoms with E-state index in [4.69, 9.17) is 9.84 Å². The molecule has 0 aromatic heterocycles. The van der Waals surface area contributed by atoms with Crippen molar-refractivity contribution in [1.29, 1.82) is 0 Å². The Morgan fingerprint density at radius 3 is 2.82 bits per heavy atom. The van der Waals surface area contributed by atoms with Crippen molar-refractivity contribution in [3.63, 3.8) is 0 Å². The molecule has 17 heavy (non-hydrogen) atoms. The number of aliphatic hydroxyl groups excluding tert-OH is 1. The zero-order valence-corrected chi connectivity index (χ0v) is 11.8. The van der Waals surface area contributed by atoms with E-state index in [0.717, 1.165) is 29.6 Å². The normalized spacial score (nSPS) is 10.5. The van der Waals surface area contributed by atoms with Crippen LogP contribution in [0.3, 0.4) is 0 Å². The molecule has 1 aromatic carbocycles. The first-order chi connectivity index (χ1) is 8.27. The van der Waals surface area contributed by atoms with Crippen LogP contribution in [0.2, 0.25) is 0 Å². The van der Waals surface area contributed by atoms with Crippen molar-refractivity contribution >= 4 is 15.9 Å². The van der Waals surface area contributed by atoms with Gasteiger partial charge in [-0.05, 0) is 53.0 Å². The number of ether oxygens (including phenoxy) is 1. The van der Waals surface area contributed by atoms with Crippen LogP contribution < -0.4 is 10.1 Å². The van der Waals surface area contributed by atoms with Crippen LogP contribution in [0.4, 0.5) is 0 Å². The zero-order valence-electron chi connectivity index (χ0n) is 10.2. The summed E-state index contributed by atoms with van der Waals surface area (Å²) in [6.07, 6.45) is 1.96. The number of aliphatic hydroxyl groups is 1. The Bertz CT molecular complexity index is 331. The highest BCUT2D eigenvalue weighted by Crippen LogP contribution is 2.26. The first-order valence-corrected chi connectivity index (χ1v) is 6.80. The predicted molar refractivity (Wildman–Crippen MR) is 73.6 cm³/mol. The smallest absolute Gasteiger partial charge is 0.133 e. The Kier molecular flexibility index (Phi) is 7.24. The summed E-state index contributed by atoms with van der Waals surface area (Å²) in [5.41, 5.74) is 1.30. The second-order valence-corrected chi connectivity index (χ2v) is 4.65. The lowest BCUT2D eigenvalue weighted by Crippen LogP contribution is -2.20. The van der Waals surface area contributed by atoms with E-state index in [9.17, 15) is 0 Å². The molecule has 0 unspecified atom stereocenters. The molecule has 1 aromatic rings. The summed E-state index contributed by atoms with van der Waals surface area (Å²) in [4.78, 5) is 0. The van der Waals surface area contributed by atoms with E-state index in [1.165, 1.54) is 5.56 Å². The molecule has 96 valence electrons. The molecule has 0 aliphatic rings. The summed E-state index contributed by atoms with van der Waals surface area (Å²) < 4.78 is 6.68. The molecule has 3 nitrogen and oxygen atoms in total. The molecule has 1 rings (SSSR count). The van der Waals surface area contributed by atoms with Gasteiger partial charge in [0.05, 0.1) is 17.7 Å². The van der Waals surface area contributed by atoms with Crippen molar-refractivity contribution in [2.45, 2.75) is 19.8 Å². The highest BCUT2D eigenvalue weighted by molar-refractivity contribution is 9.10. The summed E-state index contributed by atoms with van der Waals surface area (Å²) in [6, 6.07) is 6.19. The third-order valence-electron chi connectivity index (χ3n) is 2.45. The molecule has 0 heterocycles. The lowest BCUT2D eigenvalue weighted by atomic mass is 10.2. The van der Waals surface area contributed by atoms with E-state index in [0.29, 0.717) is 13.2 Å². The van der Waals surface area contributed by atoms with Crippen LogP contribution >= 0.6 is 15.9 Å². The fraction of sp³-hybridized carbons (Fsp3) is 0.538. The zero-order chi connectivity index (χ0) is 12.5. The van der Waals surface area contributed by atoms with Gasteiger partial charge in [0.15, 0.2) is 0 Å². The largest absolute Gasteiger partial charge is 0.492 e. The molecule has 0 bridgehead atoms. The molecule has 0 spiro atoms. The van der Waals surface area contributed by atoms with Crippen molar-refractivity contribution < 1.29 is 9.84 Å². The summed E-state index contributed by atoms with van der Waals surface area (Å²) >= 11 is 3.51. The van der Waals surface area contributed by atoms with Gasteiger partial charge in [-0.2, -0.15) is 0 Å². The molecule has 0 atom stereocenters. The van der Waals surface area contributed by atoms with E-state index in [2.05, 4.69) is 40.3 Å². The number of halogens is 1. The number of benzene rings is 1. The molecule has 0 radical (unpaired) electrons. The SMILES string of the molecule is CCc1ccc(OCCCNCCO)c(Br)c1. The van der Waals surface area contributed by atoms with E-state index >= 15 is 0 Å². The Hall–Kier alpha value is -0.580. The summed E-state index contributed by atoms with van der Waals surface area (Å²) in [7, 11) is 0. The van der Waals surface area contributed by atoms with E-state index in [-0.39, 0.29) is 6.61 Å². The monoisotopic (exact) mass is 301 g/mol. The van der Waals surface area contributed by atoms with Crippen LogP contribution in [0.15, 0.2) is 22.7 Å². The highest BCUT2D eigenvalue weighted by Gasteiger charge is 2.01. The van der Waals surface area contributed by atoms with Crippen LogP contribution in [-0.4, -0.2) is 31.4 Å². The van der Waals surface area contributed by atoms with Crippen LogP contribution in [0, 0.1) is 0 Å². The number of hydrogen-bond acceptors (Lipinski definition) is 3. The average molecular weight is 302 g/mol.